The summed E-state index contributed by atoms with van der Waals surface area (Å²) in [5, 5.41) is 3.02. The Morgan fingerprint density at radius 1 is 0.929 bits per heavy atom. The number of rotatable bonds is 6. The fourth-order valence-corrected chi connectivity index (χ4v) is 3.70. The van der Waals surface area contributed by atoms with Gasteiger partial charge >= 0.3 is 0 Å². The number of amides is 1. The standard InChI is InChI=1S/C23H20BrN3O/c24-19-11-12-22-26-20(16-27(22)15-19)14-25-23(28)13-21(17-7-3-1-4-8-17)18-9-5-2-6-10-18/h1-12,15-16,21H,13-14H2,(H,25,28). The summed E-state index contributed by atoms with van der Waals surface area (Å²) in [4.78, 5) is 17.2. The second kappa shape index (κ2) is 8.40. The van der Waals surface area contributed by atoms with Crippen molar-refractivity contribution in [2.24, 2.45) is 0 Å². The summed E-state index contributed by atoms with van der Waals surface area (Å²) in [7, 11) is 0. The van der Waals surface area contributed by atoms with E-state index in [0.29, 0.717) is 13.0 Å². The SMILES string of the molecule is O=C(CC(c1ccccc1)c1ccccc1)NCc1cn2cc(Br)ccc2n1. The Balaban J connectivity index is 1.46. The molecule has 0 radical (unpaired) electrons. The summed E-state index contributed by atoms with van der Waals surface area (Å²) >= 11 is 3.46. The zero-order valence-electron chi connectivity index (χ0n) is 15.3. The number of pyridine rings is 1. The highest BCUT2D eigenvalue weighted by Gasteiger charge is 2.18. The van der Waals surface area contributed by atoms with Crippen LogP contribution < -0.4 is 5.32 Å². The summed E-state index contributed by atoms with van der Waals surface area (Å²) < 4.78 is 2.93. The summed E-state index contributed by atoms with van der Waals surface area (Å²) in [6, 6.07) is 24.2. The van der Waals surface area contributed by atoms with Gasteiger partial charge in [0.15, 0.2) is 0 Å². The van der Waals surface area contributed by atoms with Gasteiger partial charge < -0.3 is 9.72 Å². The lowest BCUT2D eigenvalue weighted by Gasteiger charge is -2.17. The quantitative estimate of drug-likeness (QED) is 0.468. The first-order valence-corrected chi connectivity index (χ1v) is 9.98. The molecule has 0 aliphatic heterocycles. The molecule has 0 unspecified atom stereocenters. The molecule has 2 aromatic heterocycles. The van der Waals surface area contributed by atoms with E-state index in [4.69, 9.17) is 0 Å². The van der Waals surface area contributed by atoms with E-state index < -0.39 is 0 Å². The molecular weight excluding hydrogens is 414 g/mol. The van der Waals surface area contributed by atoms with Gasteiger partial charge in [-0.25, -0.2) is 4.98 Å². The third kappa shape index (κ3) is 4.31. The van der Waals surface area contributed by atoms with Crippen LogP contribution in [0.2, 0.25) is 0 Å². The number of benzene rings is 2. The van der Waals surface area contributed by atoms with E-state index in [0.717, 1.165) is 26.9 Å². The van der Waals surface area contributed by atoms with E-state index in [1.165, 1.54) is 0 Å². The number of aromatic nitrogens is 2. The monoisotopic (exact) mass is 433 g/mol. The number of hydrogen-bond donors (Lipinski definition) is 1. The van der Waals surface area contributed by atoms with Crippen molar-refractivity contribution in [3.05, 3.63) is 106 Å². The minimum Gasteiger partial charge on any atom is -0.350 e. The number of nitrogens with one attached hydrogen (secondary N) is 1. The highest BCUT2D eigenvalue weighted by atomic mass is 79.9. The van der Waals surface area contributed by atoms with E-state index in [1.54, 1.807) is 0 Å². The smallest absolute Gasteiger partial charge is 0.221 e. The Morgan fingerprint density at radius 3 is 2.21 bits per heavy atom. The molecule has 0 atom stereocenters. The molecule has 4 rings (SSSR count). The lowest BCUT2D eigenvalue weighted by atomic mass is 9.88. The van der Waals surface area contributed by atoms with E-state index >= 15 is 0 Å². The molecule has 0 spiro atoms. The van der Waals surface area contributed by atoms with Crippen molar-refractivity contribution in [2.45, 2.75) is 18.9 Å². The molecule has 1 N–H and O–H groups in total. The Labute approximate surface area is 172 Å². The first-order chi connectivity index (χ1) is 13.7. The normalized spacial score (nSPS) is 11.1. The van der Waals surface area contributed by atoms with Gasteiger partial charge in [0.05, 0.1) is 12.2 Å². The molecular formula is C23H20BrN3O. The van der Waals surface area contributed by atoms with Gasteiger partial charge in [-0.1, -0.05) is 60.7 Å². The largest absolute Gasteiger partial charge is 0.350 e. The minimum atomic E-state index is 0.0101. The number of carbonyl (C=O) groups is 1. The van der Waals surface area contributed by atoms with Crippen LogP contribution in [0.4, 0.5) is 0 Å². The van der Waals surface area contributed by atoms with Gasteiger partial charge in [0.2, 0.25) is 5.91 Å². The predicted octanol–water partition coefficient (Wildman–Crippen LogP) is 4.94. The maximum Gasteiger partial charge on any atom is 0.221 e. The van der Waals surface area contributed by atoms with Gasteiger partial charge in [0, 0.05) is 29.2 Å². The van der Waals surface area contributed by atoms with Gasteiger partial charge in [-0.3, -0.25) is 4.79 Å². The van der Waals surface area contributed by atoms with E-state index in [2.05, 4.69) is 50.5 Å². The number of fused-ring (bicyclic) bond motifs is 1. The van der Waals surface area contributed by atoms with E-state index in [-0.39, 0.29) is 11.8 Å². The molecule has 1 amide bonds. The molecule has 0 fully saturated rings. The topological polar surface area (TPSA) is 46.4 Å². The molecule has 4 aromatic rings. The van der Waals surface area contributed by atoms with Crippen LogP contribution in [0.5, 0.6) is 0 Å². The predicted molar refractivity (Wildman–Crippen MR) is 114 cm³/mol. The lowest BCUT2D eigenvalue weighted by Crippen LogP contribution is -2.25. The Bertz CT molecular complexity index is 1040. The van der Waals surface area contributed by atoms with Crippen LogP contribution in [0.25, 0.3) is 5.65 Å². The van der Waals surface area contributed by atoms with Crippen molar-refractivity contribution in [3.63, 3.8) is 0 Å². The van der Waals surface area contributed by atoms with Crippen LogP contribution in [-0.2, 0) is 11.3 Å². The van der Waals surface area contributed by atoms with Crippen LogP contribution in [0.3, 0.4) is 0 Å². The Hall–Kier alpha value is -2.92. The fraction of sp³-hybridized carbons (Fsp3) is 0.130. The van der Waals surface area contributed by atoms with Crippen molar-refractivity contribution >= 4 is 27.5 Å². The Kier molecular flexibility index (Phi) is 5.53. The number of hydrogen-bond acceptors (Lipinski definition) is 2. The van der Waals surface area contributed by atoms with Crippen molar-refractivity contribution in [2.75, 3.05) is 0 Å². The zero-order valence-corrected chi connectivity index (χ0v) is 16.8. The average molecular weight is 434 g/mol. The first kappa shape index (κ1) is 18.4. The molecule has 140 valence electrons. The van der Waals surface area contributed by atoms with Crippen molar-refractivity contribution in [3.8, 4) is 0 Å². The lowest BCUT2D eigenvalue weighted by molar-refractivity contribution is -0.121. The summed E-state index contributed by atoms with van der Waals surface area (Å²) in [5.41, 5.74) is 3.98. The second-order valence-corrected chi connectivity index (χ2v) is 7.62. The number of halogens is 1. The average Bonchev–Trinajstić information content (AvgIpc) is 3.14. The van der Waals surface area contributed by atoms with Crippen LogP contribution >= 0.6 is 15.9 Å². The third-order valence-corrected chi connectivity index (χ3v) is 5.19. The third-order valence-electron chi connectivity index (χ3n) is 4.72. The summed E-state index contributed by atoms with van der Waals surface area (Å²) in [6.07, 6.45) is 4.29. The second-order valence-electron chi connectivity index (χ2n) is 6.70. The summed E-state index contributed by atoms with van der Waals surface area (Å²) in [5.74, 6) is 0.0374. The summed E-state index contributed by atoms with van der Waals surface area (Å²) in [6.45, 7) is 0.411. The molecule has 4 nitrogen and oxygen atoms in total. The molecule has 5 heteroatoms. The van der Waals surface area contributed by atoms with E-state index in [9.17, 15) is 4.79 Å². The van der Waals surface area contributed by atoms with Gasteiger partial charge in [-0.05, 0) is 39.2 Å². The molecule has 0 aliphatic carbocycles. The van der Waals surface area contributed by atoms with Gasteiger partial charge in [0.25, 0.3) is 0 Å². The molecule has 2 heterocycles. The molecule has 0 aliphatic rings. The zero-order chi connectivity index (χ0) is 19.3. The van der Waals surface area contributed by atoms with Crippen molar-refractivity contribution < 1.29 is 4.79 Å². The van der Waals surface area contributed by atoms with Crippen molar-refractivity contribution in [1.82, 2.24) is 14.7 Å². The van der Waals surface area contributed by atoms with Gasteiger partial charge in [0.1, 0.15) is 5.65 Å². The van der Waals surface area contributed by atoms with Crippen LogP contribution in [-0.4, -0.2) is 15.3 Å². The Morgan fingerprint density at radius 2 is 1.57 bits per heavy atom. The highest BCUT2D eigenvalue weighted by Crippen LogP contribution is 2.27. The number of carbonyl (C=O) groups excluding carboxylic acids is 1. The van der Waals surface area contributed by atoms with Crippen molar-refractivity contribution in [1.29, 1.82) is 0 Å². The maximum atomic E-state index is 12.7. The molecule has 2 aromatic carbocycles. The van der Waals surface area contributed by atoms with Gasteiger partial charge in [-0.2, -0.15) is 0 Å². The number of nitrogens with zero attached hydrogens (tertiary/aromatic N) is 2. The van der Waals surface area contributed by atoms with Crippen LogP contribution in [0, 0.1) is 0 Å². The van der Waals surface area contributed by atoms with E-state index in [1.807, 2.05) is 65.3 Å². The molecule has 28 heavy (non-hydrogen) atoms. The number of imidazole rings is 1. The van der Waals surface area contributed by atoms with Gasteiger partial charge in [-0.15, -0.1) is 0 Å². The fourth-order valence-electron chi connectivity index (χ4n) is 3.35. The maximum absolute atomic E-state index is 12.7. The first-order valence-electron chi connectivity index (χ1n) is 9.19. The molecule has 0 saturated heterocycles. The molecule has 0 bridgehead atoms. The molecule has 0 saturated carbocycles. The van der Waals surface area contributed by atoms with Crippen LogP contribution in [0.15, 0.2) is 89.7 Å². The highest BCUT2D eigenvalue weighted by molar-refractivity contribution is 9.10. The minimum absolute atomic E-state index is 0.0101. The van der Waals surface area contributed by atoms with Crippen LogP contribution in [0.1, 0.15) is 29.2 Å².